The predicted molar refractivity (Wildman–Crippen MR) is 107 cm³/mol. The van der Waals surface area contributed by atoms with Gasteiger partial charge in [-0.05, 0) is 63.6 Å². The number of carbonyl (C=O) groups is 2. The van der Waals surface area contributed by atoms with E-state index in [0.29, 0.717) is 31.3 Å². The van der Waals surface area contributed by atoms with Crippen molar-refractivity contribution in [3.63, 3.8) is 0 Å². The number of pyridine rings is 1. The van der Waals surface area contributed by atoms with Crippen molar-refractivity contribution >= 4 is 23.0 Å². The molecule has 0 spiro atoms. The molecule has 0 atom stereocenters. The summed E-state index contributed by atoms with van der Waals surface area (Å²) in [5.41, 5.74) is 1.73. The van der Waals surface area contributed by atoms with Crippen LogP contribution in [0.5, 0.6) is 0 Å². The average molecular weight is 410 g/mol. The summed E-state index contributed by atoms with van der Waals surface area (Å²) in [5.74, 6) is -1.20. The van der Waals surface area contributed by atoms with Gasteiger partial charge in [0.15, 0.2) is 0 Å². The Labute approximate surface area is 193 Å². The van der Waals surface area contributed by atoms with E-state index in [1.165, 1.54) is 6.20 Å². The first kappa shape index (κ1) is 23.4. The van der Waals surface area contributed by atoms with Gasteiger partial charge in [0, 0.05) is 24.7 Å². The largest absolute Gasteiger partial charge is 1.00 e. The predicted octanol–water partition coefficient (Wildman–Crippen LogP) is 0.220. The molecule has 152 valence electrons. The summed E-state index contributed by atoms with van der Waals surface area (Å²) in [5, 5.41) is 12.5. The van der Waals surface area contributed by atoms with Crippen LogP contribution in [0.3, 0.4) is 0 Å². The van der Waals surface area contributed by atoms with E-state index in [-0.39, 0.29) is 36.5 Å². The van der Waals surface area contributed by atoms with Crippen LogP contribution in [-0.4, -0.2) is 33.9 Å². The van der Waals surface area contributed by atoms with E-state index in [1.807, 2.05) is 25.3 Å². The van der Waals surface area contributed by atoms with Crippen LogP contribution >= 0.6 is 0 Å². The molecule has 2 N–H and O–H groups in total. The number of aromatic carboxylic acids is 1. The first-order chi connectivity index (χ1) is 13.2. The molecule has 0 fully saturated rings. The van der Waals surface area contributed by atoms with E-state index in [1.54, 1.807) is 6.07 Å². The Balaban J connectivity index is 0.00000225. The van der Waals surface area contributed by atoms with Crippen LogP contribution in [0.15, 0.2) is 23.1 Å². The monoisotopic (exact) mass is 410 g/mol. The fourth-order valence-corrected chi connectivity index (χ4v) is 3.60. The molecule has 1 amide bonds. The molecule has 1 aromatic heterocycles. The van der Waals surface area contributed by atoms with Gasteiger partial charge in [0.2, 0.25) is 5.43 Å². The van der Waals surface area contributed by atoms with Crippen molar-refractivity contribution < 1.29 is 50.4 Å². The maximum Gasteiger partial charge on any atom is 1.00 e. The molecule has 29 heavy (non-hydrogen) atoms. The first-order valence-corrected chi connectivity index (χ1v) is 9.55. The molecule has 2 heterocycles. The van der Waals surface area contributed by atoms with E-state index in [9.17, 15) is 19.5 Å². The molecule has 1 aliphatic heterocycles. The third-order valence-electron chi connectivity index (χ3n) is 4.70. The summed E-state index contributed by atoms with van der Waals surface area (Å²) in [6.45, 7) is 6.60. The number of nitrogens with one attached hydrogen (secondary N) is 1. The Kier molecular flexibility index (Phi) is 7.54. The third kappa shape index (κ3) is 5.62. The Bertz CT molecular complexity index is 998. The summed E-state index contributed by atoms with van der Waals surface area (Å²) < 4.78 is 7.09. The van der Waals surface area contributed by atoms with Crippen LogP contribution in [0.4, 0.5) is 4.79 Å². The zero-order valence-electron chi connectivity index (χ0n) is 18.5. The number of alkyl carbamates (subject to hydrolysis) is 1. The number of rotatable bonds is 5. The smallest absolute Gasteiger partial charge is 1.00 e. The van der Waals surface area contributed by atoms with Gasteiger partial charge in [-0.25, -0.2) is 9.59 Å². The minimum atomic E-state index is -1.20. The SMILES string of the molecule is CC(C)(C)OC(=O)NCCCc1cc2c3c(c1)c(=O)c(C(=O)O)cn3CCC2.[H-].[Na+]. The van der Waals surface area contributed by atoms with Gasteiger partial charge in [-0.3, -0.25) is 4.79 Å². The van der Waals surface area contributed by atoms with Crippen LogP contribution in [0, 0.1) is 0 Å². The molecule has 0 aliphatic carbocycles. The van der Waals surface area contributed by atoms with E-state index in [0.717, 1.165) is 29.5 Å². The number of nitrogens with zero attached hydrogens (tertiary/aromatic N) is 1. The number of carboxylic acid groups (broad SMARTS) is 1. The van der Waals surface area contributed by atoms with Crippen molar-refractivity contribution in [2.45, 2.75) is 58.6 Å². The second kappa shape index (κ2) is 9.32. The van der Waals surface area contributed by atoms with Crippen molar-refractivity contribution in [1.29, 1.82) is 0 Å². The topological polar surface area (TPSA) is 97.6 Å². The molecule has 0 saturated heterocycles. The average Bonchev–Trinajstić information content (AvgIpc) is 2.59. The van der Waals surface area contributed by atoms with Crippen molar-refractivity contribution in [2.24, 2.45) is 0 Å². The Morgan fingerprint density at radius 3 is 2.69 bits per heavy atom. The van der Waals surface area contributed by atoms with E-state index < -0.39 is 23.1 Å². The molecule has 7 nitrogen and oxygen atoms in total. The minimum Gasteiger partial charge on any atom is -1.00 e. The molecule has 8 heteroatoms. The van der Waals surface area contributed by atoms with Crippen LogP contribution < -0.4 is 40.3 Å². The second-order valence-corrected chi connectivity index (χ2v) is 8.16. The van der Waals surface area contributed by atoms with E-state index in [2.05, 4.69) is 11.4 Å². The molecular formula is C21H27N2NaO5. The van der Waals surface area contributed by atoms with Crippen molar-refractivity contribution in [1.82, 2.24) is 9.88 Å². The van der Waals surface area contributed by atoms with Gasteiger partial charge >= 0.3 is 41.6 Å². The molecule has 0 bridgehead atoms. The summed E-state index contributed by atoms with van der Waals surface area (Å²) in [6.07, 6.45) is 4.15. The van der Waals surface area contributed by atoms with Crippen LogP contribution in [-0.2, 0) is 24.1 Å². The number of carboxylic acids is 1. The fraction of sp³-hybridized carbons (Fsp3) is 0.476. The number of ether oxygens (including phenoxy) is 1. The Hall–Kier alpha value is -1.83. The normalized spacial score (nSPS) is 12.9. The minimum absolute atomic E-state index is 0. The summed E-state index contributed by atoms with van der Waals surface area (Å²) >= 11 is 0. The van der Waals surface area contributed by atoms with Gasteiger partial charge < -0.3 is 21.2 Å². The van der Waals surface area contributed by atoms with Crippen LogP contribution in [0.25, 0.3) is 10.9 Å². The van der Waals surface area contributed by atoms with Crippen molar-refractivity contribution in [2.75, 3.05) is 6.54 Å². The molecule has 3 rings (SSSR count). The van der Waals surface area contributed by atoms with Gasteiger partial charge in [-0.15, -0.1) is 0 Å². The number of hydrogen-bond donors (Lipinski definition) is 2. The summed E-state index contributed by atoms with van der Waals surface area (Å²) in [7, 11) is 0. The standard InChI is InChI=1S/C21H26N2O5.Na.H/c1-21(2,3)28-20(27)22-8-4-6-13-10-14-7-5-9-23-12-16(19(25)26)18(24)15(11-13)17(14)23;;/h10-12H,4-9H2,1-3H3,(H,22,27)(H,25,26);;/q;+1;-1. The third-order valence-corrected chi connectivity index (χ3v) is 4.70. The summed E-state index contributed by atoms with van der Waals surface area (Å²) in [4.78, 5) is 35.8. The van der Waals surface area contributed by atoms with E-state index in [4.69, 9.17) is 4.74 Å². The maximum atomic E-state index is 12.7. The van der Waals surface area contributed by atoms with Gasteiger partial charge in [-0.2, -0.15) is 0 Å². The quantitative estimate of drug-likeness (QED) is 0.543. The van der Waals surface area contributed by atoms with Crippen LogP contribution in [0.1, 0.15) is 56.5 Å². The number of aryl methyl sites for hydroxylation is 3. The van der Waals surface area contributed by atoms with Gasteiger partial charge in [0.1, 0.15) is 11.2 Å². The molecule has 0 saturated carbocycles. The van der Waals surface area contributed by atoms with Crippen LogP contribution in [0.2, 0.25) is 0 Å². The molecule has 1 aromatic carbocycles. The maximum absolute atomic E-state index is 12.7. The molecule has 1 aliphatic rings. The fourth-order valence-electron chi connectivity index (χ4n) is 3.60. The molecule has 0 unspecified atom stereocenters. The number of aromatic nitrogens is 1. The van der Waals surface area contributed by atoms with Crippen molar-refractivity contribution in [3.8, 4) is 0 Å². The molecular weight excluding hydrogens is 383 g/mol. The number of hydrogen-bond acceptors (Lipinski definition) is 4. The number of benzene rings is 1. The van der Waals surface area contributed by atoms with Gasteiger partial charge in [0.05, 0.1) is 5.52 Å². The summed E-state index contributed by atoms with van der Waals surface area (Å²) in [6, 6.07) is 3.88. The first-order valence-electron chi connectivity index (χ1n) is 9.55. The Morgan fingerprint density at radius 2 is 2.03 bits per heavy atom. The second-order valence-electron chi connectivity index (χ2n) is 8.16. The zero-order valence-corrected chi connectivity index (χ0v) is 19.5. The van der Waals surface area contributed by atoms with E-state index >= 15 is 0 Å². The van der Waals surface area contributed by atoms with Crippen molar-refractivity contribution in [3.05, 3.63) is 45.2 Å². The number of amides is 1. The van der Waals surface area contributed by atoms with Gasteiger partial charge in [-0.1, -0.05) is 6.07 Å². The Morgan fingerprint density at radius 1 is 1.31 bits per heavy atom. The zero-order chi connectivity index (χ0) is 20.5. The molecule has 2 aromatic rings. The number of carbonyl (C=O) groups excluding carboxylic acids is 1. The molecule has 0 radical (unpaired) electrons. The van der Waals surface area contributed by atoms with Gasteiger partial charge in [0.25, 0.3) is 0 Å².